The molecule has 8 heteroatoms. The number of carbonyl (C=O) groups is 1. The van der Waals surface area contributed by atoms with E-state index in [-0.39, 0.29) is 5.91 Å². The van der Waals surface area contributed by atoms with Crippen molar-refractivity contribution in [3.8, 4) is 11.4 Å². The largest absolute Gasteiger partial charge is 0.352 e. The minimum absolute atomic E-state index is 0.161. The number of amides is 1. The normalized spacial score (nSPS) is 17.9. The van der Waals surface area contributed by atoms with Gasteiger partial charge in [0, 0.05) is 44.3 Å². The van der Waals surface area contributed by atoms with Crippen molar-refractivity contribution in [2.75, 3.05) is 32.7 Å². The van der Waals surface area contributed by atoms with Crippen LogP contribution in [0.3, 0.4) is 0 Å². The molecule has 0 unspecified atom stereocenters. The molecule has 7 nitrogen and oxygen atoms in total. The molecule has 1 aliphatic heterocycles. The average molecular weight is 429 g/mol. The highest BCUT2D eigenvalue weighted by molar-refractivity contribution is 7.71. The number of aryl methyl sites for hydroxylation is 1. The summed E-state index contributed by atoms with van der Waals surface area (Å²) in [7, 11) is 0. The van der Waals surface area contributed by atoms with E-state index in [9.17, 15) is 4.79 Å². The molecular formula is C22H32N6OS. The summed E-state index contributed by atoms with van der Waals surface area (Å²) < 4.78 is 4.89. The topological polar surface area (TPSA) is 58.3 Å². The van der Waals surface area contributed by atoms with Gasteiger partial charge in [0.15, 0.2) is 10.6 Å². The molecule has 1 aromatic heterocycles. The number of rotatable bonds is 8. The molecule has 0 atom stereocenters. The second-order valence-corrected chi connectivity index (χ2v) is 8.87. The van der Waals surface area contributed by atoms with Crippen LogP contribution < -0.4 is 5.32 Å². The molecule has 1 aromatic carbocycles. The number of benzene rings is 1. The number of hydrogen-bond acceptors (Lipinski definition) is 5. The first-order chi connectivity index (χ1) is 14.5. The Morgan fingerprint density at radius 3 is 2.60 bits per heavy atom. The first kappa shape index (κ1) is 21.2. The van der Waals surface area contributed by atoms with Crippen LogP contribution in [0.5, 0.6) is 0 Å². The third-order valence-electron chi connectivity index (χ3n) is 5.75. The number of hydrogen-bond donors (Lipinski definition) is 1. The monoisotopic (exact) mass is 428 g/mol. The van der Waals surface area contributed by atoms with E-state index < -0.39 is 0 Å². The third kappa shape index (κ3) is 5.17. The van der Waals surface area contributed by atoms with Gasteiger partial charge in [-0.2, -0.15) is 5.10 Å². The van der Waals surface area contributed by atoms with Crippen LogP contribution in [0.2, 0.25) is 0 Å². The minimum atomic E-state index is 0.161. The summed E-state index contributed by atoms with van der Waals surface area (Å²) in [4.78, 5) is 16.6. The van der Waals surface area contributed by atoms with Crippen LogP contribution in [-0.2, 0) is 18.0 Å². The Morgan fingerprint density at radius 2 is 1.93 bits per heavy atom. The molecule has 1 saturated heterocycles. The maximum atomic E-state index is 12.0. The smallest absolute Gasteiger partial charge is 0.234 e. The van der Waals surface area contributed by atoms with Gasteiger partial charge in [0.1, 0.15) is 0 Å². The lowest BCUT2D eigenvalue weighted by atomic mass is 10.1. The Kier molecular flexibility index (Phi) is 6.65. The molecule has 4 rings (SSSR count). The summed E-state index contributed by atoms with van der Waals surface area (Å²) in [5.74, 6) is 1.11. The van der Waals surface area contributed by atoms with Crippen LogP contribution in [0.1, 0.15) is 31.7 Å². The highest BCUT2D eigenvalue weighted by atomic mass is 32.1. The van der Waals surface area contributed by atoms with Gasteiger partial charge in [0.05, 0.1) is 13.2 Å². The highest BCUT2D eigenvalue weighted by Gasteiger charge is 2.25. The second kappa shape index (κ2) is 9.41. The van der Waals surface area contributed by atoms with Gasteiger partial charge in [-0.05, 0) is 44.5 Å². The van der Waals surface area contributed by atoms with Crippen molar-refractivity contribution in [2.45, 2.75) is 52.4 Å². The fourth-order valence-electron chi connectivity index (χ4n) is 3.94. The van der Waals surface area contributed by atoms with Crippen LogP contribution >= 0.6 is 12.2 Å². The molecule has 2 aromatic rings. The number of carbonyl (C=O) groups excluding carboxylic acids is 1. The van der Waals surface area contributed by atoms with Crippen molar-refractivity contribution < 1.29 is 4.79 Å². The number of nitrogens with zero attached hydrogens (tertiary/aromatic N) is 5. The second-order valence-electron chi connectivity index (χ2n) is 8.50. The van der Waals surface area contributed by atoms with Crippen LogP contribution in [-0.4, -0.2) is 68.8 Å². The minimum Gasteiger partial charge on any atom is -0.352 e. The predicted octanol–water partition coefficient (Wildman–Crippen LogP) is 2.65. The molecule has 2 fully saturated rings. The van der Waals surface area contributed by atoms with Crippen LogP contribution in [0.25, 0.3) is 11.4 Å². The Hall–Kier alpha value is -2.03. The van der Waals surface area contributed by atoms with E-state index in [0.29, 0.717) is 19.3 Å². The van der Waals surface area contributed by atoms with E-state index in [1.165, 1.54) is 5.56 Å². The number of piperazine rings is 1. The zero-order valence-corrected chi connectivity index (χ0v) is 18.8. The van der Waals surface area contributed by atoms with Gasteiger partial charge in [-0.1, -0.05) is 30.7 Å². The standard InChI is InChI=1S/C22H32N6OS/c1-3-9-27-21(18-6-4-5-17(2)14-18)24-28(22(27)30)16-26-12-10-25(11-13-26)15-20(29)23-19-7-8-19/h4-6,14,19H,3,7-13,15-16H2,1-2H3,(H,23,29). The van der Waals surface area contributed by atoms with Gasteiger partial charge in [0.25, 0.3) is 0 Å². The quantitative estimate of drug-likeness (QED) is 0.655. The van der Waals surface area contributed by atoms with Gasteiger partial charge in [-0.3, -0.25) is 19.2 Å². The van der Waals surface area contributed by atoms with Crippen molar-refractivity contribution in [3.63, 3.8) is 0 Å². The van der Waals surface area contributed by atoms with E-state index in [1.54, 1.807) is 0 Å². The number of nitrogens with one attached hydrogen (secondary N) is 1. The fraction of sp³-hybridized carbons (Fsp3) is 0.591. The molecule has 30 heavy (non-hydrogen) atoms. The zero-order chi connectivity index (χ0) is 21.1. The van der Waals surface area contributed by atoms with Crippen LogP contribution in [0.15, 0.2) is 24.3 Å². The summed E-state index contributed by atoms with van der Waals surface area (Å²) in [6.45, 7) is 9.95. The molecule has 1 saturated carbocycles. The lowest BCUT2D eigenvalue weighted by molar-refractivity contribution is -0.122. The summed E-state index contributed by atoms with van der Waals surface area (Å²) in [5.41, 5.74) is 2.33. The summed E-state index contributed by atoms with van der Waals surface area (Å²) in [6.07, 6.45) is 3.28. The molecule has 1 aliphatic carbocycles. The van der Waals surface area contributed by atoms with Crippen LogP contribution in [0, 0.1) is 11.7 Å². The SMILES string of the molecule is CCCn1c(-c2cccc(C)c2)nn(CN2CCN(CC(=O)NC3CC3)CC2)c1=S. The van der Waals surface area contributed by atoms with Crippen LogP contribution in [0.4, 0.5) is 0 Å². The first-order valence-corrected chi connectivity index (χ1v) is 11.4. The molecular weight excluding hydrogens is 396 g/mol. The Bertz CT molecular complexity index is 939. The molecule has 0 bridgehead atoms. The molecule has 162 valence electrons. The van der Waals surface area contributed by atoms with E-state index in [4.69, 9.17) is 17.3 Å². The molecule has 1 N–H and O–H groups in total. The molecule has 1 amide bonds. The molecule has 0 spiro atoms. The van der Waals surface area contributed by atoms with Crippen molar-refractivity contribution in [3.05, 3.63) is 34.6 Å². The average Bonchev–Trinajstić information content (AvgIpc) is 3.49. The summed E-state index contributed by atoms with van der Waals surface area (Å²) in [6, 6.07) is 8.87. The lowest BCUT2D eigenvalue weighted by Gasteiger charge is -2.33. The van der Waals surface area contributed by atoms with Gasteiger partial charge < -0.3 is 5.32 Å². The zero-order valence-electron chi connectivity index (χ0n) is 18.0. The number of aromatic nitrogens is 3. The third-order valence-corrected chi connectivity index (χ3v) is 6.19. The summed E-state index contributed by atoms with van der Waals surface area (Å²) >= 11 is 5.78. The predicted molar refractivity (Wildman–Crippen MR) is 121 cm³/mol. The highest BCUT2D eigenvalue weighted by Crippen LogP contribution is 2.21. The van der Waals surface area contributed by atoms with E-state index in [2.05, 4.69) is 57.8 Å². The Labute approximate surface area is 183 Å². The first-order valence-electron chi connectivity index (χ1n) is 11.0. The van der Waals surface area contributed by atoms with Gasteiger partial charge in [0.2, 0.25) is 5.91 Å². The maximum Gasteiger partial charge on any atom is 0.234 e. The van der Waals surface area contributed by atoms with Crippen molar-refractivity contribution in [1.29, 1.82) is 0 Å². The van der Waals surface area contributed by atoms with Crippen molar-refractivity contribution >= 4 is 18.1 Å². The Morgan fingerprint density at radius 1 is 1.20 bits per heavy atom. The molecule has 2 aliphatic rings. The van der Waals surface area contributed by atoms with Gasteiger partial charge >= 0.3 is 0 Å². The van der Waals surface area contributed by atoms with Crippen molar-refractivity contribution in [2.24, 2.45) is 0 Å². The lowest BCUT2D eigenvalue weighted by Crippen LogP contribution is -2.49. The van der Waals surface area contributed by atoms with Gasteiger partial charge in [-0.15, -0.1) is 0 Å². The van der Waals surface area contributed by atoms with Gasteiger partial charge in [-0.25, -0.2) is 4.68 Å². The van der Waals surface area contributed by atoms with E-state index in [0.717, 1.165) is 68.1 Å². The summed E-state index contributed by atoms with van der Waals surface area (Å²) in [5, 5.41) is 7.97. The van der Waals surface area contributed by atoms with E-state index >= 15 is 0 Å². The Balaban J connectivity index is 1.40. The fourth-order valence-corrected chi connectivity index (χ4v) is 4.21. The maximum absolute atomic E-state index is 12.0. The molecule has 0 radical (unpaired) electrons. The van der Waals surface area contributed by atoms with E-state index in [1.807, 2.05) is 4.68 Å². The molecule has 2 heterocycles. The van der Waals surface area contributed by atoms with Crippen molar-refractivity contribution in [1.82, 2.24) is 29.5 Å².